The smallest absolute Gasteiger partial charge is 0.147 e. The summed E-state index contributed by atoms with van der Waals surface area (Å²) in [6.07, 6.45) is 3.31. The molecule has 0 fully saturated rings. The maximum Gasteiger partial charge on any atom is 0.147 e. The van der Waals surface area contributed by atoms with Crippen molar-refractivity contribution in [3.05, 3.63) is 71.4 Å². The molecule has 0 radical (unpaired) electrons. The van der Waals surface area contributed by atoms with Gasteiger partial charge in [-0.15, -0.1) is 0 Å². The van der Waals surface area contributed by atoms with E-state index in [9.17, 15) is 4.39 Å². The van der Waals surface area contributed by atoms with Crippen molar-refractivity contribution in [2.24, 2.45) is 0 Å². The molecule has 106 valence electrons. The summed E-state index contributed by atoms with van der Waals surface area (Å²) in [7, 11) is 0. The lowest BCUT2D eigenvalue weighted by atomic mass is 9.99. The van der Waals surface area contributed by atoms with Gasteiger partial charge in [0.15, 0.2) is 0 Å². The molecule has 0 unspecified atom stereocenters. The lowest BCUT2D eigenvalue weighted by Gasteiger charge is -2.11. The summed E-state index contributed by atoms with van der Waals surface area (Å²) in [5.41, 5.74) is 3.21. The van der Waals surface area contributed by atoms with Crippen LogP contribution in [0, 0.1) is 17.1 Å². The number of rotatable bonds is 2. The number of nitrogens with zero attached hydrogens (tertiary/aromatic N) is 3. The average molecular weight is 310 g/mol. The van der Waals surface area contributed by atoms with Crippen molar-refractivity contribution in [3.63, 3.8) is 0 Å². The third kappa shape index (κ3) is 2.67. The van der Waals surface area contributed by atoms with Crippen molar-refractivity contribution < 1.29 is 4.39 Å². The van der Waals surface area contributed by atoms with E-state index >= 15 is 0 Å². The molecule has 2 heterocycles. The highest BCUT2D eigenvalue weighted by atomic mass is 35.5. The molecule has 0 saturated heterocycles. The van der Waals surface area contributed by atoms with E-state index in [1.807, 2.05) is 18.2 Å². The van der Waals surface area contributed by atoms with E-state index in [0.717, 1.165) is 16.7 Å². The lowest BCUT2D eigenvalue weighted by Crippen LogP contribution is -1.94. The number of hydrogen-bond acceptors (Lipinski definition) is 3. The van der Waals surface area contributed by atoms with E-state index in [4.69, 9.17) is 16.9 Å². The van der Waals surface area contributed by atoms with Gasteiger partial charge in [-0.2, -0.15) is 5.26 Å². The summed E-state index contributed by atoms with van der Waals surface area (Å²) in [4.78, 5) is 8.30. The maximum absolute atomic E-state index is 13.1. The van der Waals surface area contributed by atoms with Crippen molar-refractivity contribution in [1.29, 1.82) is 5.26 Å². The Kier molecular flexibility index (Phi) is 3.82. The Hall–Kier alpha value is -2.77. The monoisotopic (exact) mass is 309 g/mol. The second kappa shape index (κ2) is 5.92. The molecule has 0 aliphatic heterocycles. The molecule has 0 aliphatic rings. The second-order valence-electron chi connectivity index (χ2n) is 4.58. The maximum atomic E-state index is 13.1. The van der Waals surface area contributed by atoms with Crippen LogP contribution in [0.25, 0.3) is 22.4 Å². The normalized spacial score (nSPS) is 10.2. The first-order valence-corrected chi connectivity index (χ1v) is 6.84. The minimum atomic E-state index is -0.325. The van der Waals surface area contributed by atoms with Crippen LogP contribution < -0.4 is 0 Å². The number of halogens is 2. The lowest BCUT2D eigenvalue weighted by molar-refractivity contribution is 0.628. The first-order valence-electron chi connectivity index (χ1n) is 6.46. The fourth-order valence-electron chi connectivity index (χ4n) is 2.15. The molecule has 0 atom stereocenters. The molecule has 3 aromatic rings. The summed E-state index contributed by atoms with van der Waals surface area (Å²) >= 11 is 6.05. The van der Waals surface area contributed by atoms with Gasteiger partial charge in [0.25, 0.3) is 0 Å². The Morgan fingerprint density at radius 1 is 1.00 bits per heavy atom. The average Bonchev–Trinajstić information content (AvgIpc) is 2.56. The van der Waals surface area contributed by atoms with Gasteiger partial charge in [0.1, 0.15) is 17.0 Å². The third-order valence-corrected chi connectivity index (χ3v) is 3.49. The molecule has 3 nitrogen and oxygen atoms in total. The number of nitriles is 1. The van der Waals surface area contributed by atoms with Gasteiger partial charge in [0.05, 0.1) is 11.3 Å². The van der Waals surface area contributed by atoms with E-state index in [-0.39, 0.29) is 11.0 Å². The van der Waals surface area contributed by atoms with Crippen LogP contribution in [0.15, 0.2) is 54.9 Å². The predicted octanol–water partition coefficient (Wildman–Crippen LogP) is 4.47. The van der Waals surface area contributed by atoms with Gasteiger partial charge in [0.2, 0.25) is 0 Å². The zero-order valence-electron chi connectivity index (χ0n) is 11.3. The van der Waals surface area contributed by atoms with Gasteiger partial charge in [-0.25, -0.2) is 9.37 Å². The van der Waals surface area contributed by atoms with Crippen LogP contribution >= 0.6 is 11.6 Å². The van der Waals surface area contributed by atoms with Gasteiger partial charge in [-0.3, -0.25) is 4.98 Å². The number of hydrogen-bond donors (Lipinski definition) is 0. The molecule has 22 heavy (non-hydrogen) atoms. The molecule has 0 aliphatic carbocycles. The minimum absolute atomic E-state index is 0.125. The molecular weight excluding hydrogens is 301 g/mol. The quantitative estimate of drug-likeness (QED) is 0.656. The van der Waals surface area contributed by atoms with Gasteiger partial charge in [0, 0.05) is 23.5 Å². The minimum Gasteiger partial charge on any atom is -0.265 e. The number of aromatic nitrogens is 2. The first-order chi connectivity index (χ1) is 10.7. The van der Waals surface area contributed by atoms with Gasteiger partial charge >= 0.3 is 0 Å². The van der Waals surface area contributed by atoms with Crippen LogP contribution in [0.3, 0.4) is 0 Å². The third-order valence-electron chi connectivity index (χ3n) is 3.21. The highest BCUT2D eigenvalue weighted by Gasteiger charge is 2.14. The van der Waals surface area contributed by atoms with Crippen molar-refractivity contribution in [3.8, 4) is 28.5 Å². The molecule has 0 bridgehead atoms. The fraction of sp³-hybridized carbons (Fsp3) is 0. The van der Waals surface area contributed by atoms with E-state index < -0.39 is 0 Å². The summed E-state index contributed by atoms with van der Waals surface area (Å²) in [6, 6.07) is 13.3. The summed E-state index contributed by atoms with van der Waals surface area (Å²) in [5, 5.41) is 9.28. The fourth-order valence-corrected chi connectivity index (χ4v) is 2.33. The largest absolute Gasteiger partial charge is 0.265 e. The van der Waals surface area contributed by atoms with E-state index in [0.29, 0.717) is 11.3 Å². The van der Waals surface area contributed by atoms with Crippen LogP contribution in [-0.4, -0.2) is 9.97 Å². The molecule has 0 spiro atoms. The topological polar surface area (TPSA) is 49.6 Å². The molecule has 5 heteroatoms. The molecule has 0 saturated carbocycles. The first kappa shape index (κ1) is 14.2. The van der Waals surface area contributed by atoms with Crippen LogP contribution in [0.2, 0.25) is 5.15 Å². The highest BCUT2D eigenvalue weighted by molar-refractivity contribution is 6.30. The summed E-state index contributed by atoms with van der Waals surface area (Å²) in [6.45, 7) is 0. The van der Waals surface area contributed by atoms with Gasteiger partial charge in [-0.05, 0) is 48.0 Å². The zero-order chi connectivity index (χ0) is 15.5. The summed E-state index contributed by atoms with van der Waals surface area (Å²) < 4.78 is 13.1. The van der Waals surface area contributed by atoms with Crippen molar-refractivity contribution in [2.45, 2.75) is 0 Å². The Bertz CT molecular complexity index is 856. The van der Waals surface area contributed by atoms with Crippen molar-refractivity contribution >= 4 is 11.6 Å². The van der Waals surface area contributed by atoms with Crippen LogP contribution in [0.5, 0.6) is 0 Å². The predicted molar refractivity (Wildman–Crippen MR) is 82.6 cm³/mol. The van der Waals surface area contributed by atoms with Crippen LogP contribution in [0.1, 0.15) is 5.56 Å². The highest BCUT2D eigenvalue weighted by Crippen LogP contribution is 2.33. The molecule has 3 rings (SSSR count). The second-order valence-corrected chi connectivity index (χ2v) is 4.94. The van der Waals surface area contributed by atoms with E-state index in [1.165, 1.54) is 12.1 Å². The van der Waals surface area contributed by atoms with Crippen molar-refractivity contribution in [1.82, 2.24) is 9.97 Å². The van der Waals surface area contributed by atoms with Gasteiger partial charge in [-0.1, -0.05) is 11.6 Å². The number of benzene rings is 1. The van der Waals surface area contributed by atoms with Crippen LogP contribution in [-0.2, 0) is 0 Å². The van der Waals surface area contributed by atoms with E-state index in [2.05, 4.69) is 9.97 Å². The molecule has 0 amide bonds. The zero-order valence-corrected chi connectivity index (χ0v) is 12.0. The number of pyridine rings is 2. The Balaban J connectivity index is 2.27. The SMILES string of the molecule is N#Cc1cc(-c2ccncc2)c(-c2ccc(F)cc2)nc1Cl. The molecule has 2 aromatic heterocycles. The Labute approximate surface area is 131 Å². The van der Waals surface area contributed by atoms with E-state index in [1.54, 1.807) is 30.6 Å². The molecule has 0 N–H and O–H groups in total. The van der Waals surface area contributed by atoms with Crippen molar-refractivity contribution in [2.75, 3.05) is 0 Å². The standard InChI is InChI=1S/C17H9ClFN3/c18-17-13(10-20)9-15(11-5-7-21-8-6-11)16(22-17)12-1-3-14(19)4-2-12/h1-9H. The van der Waals surface area contributed by atoms with Crippen LogP contribution in [0.4, 0.5) is 4.39 Å². The molecule has 1 aromatic carbocycles. The Morgan fingerprint density at radius 2 is 1.68 bits per heavy atom. The molecular formula is C17H9ClFN3. The van der Waals surface area contributed by atoms with Gasteiger partial charge < -0.3 is 0 Å². The summed E-state index contributed by atoms with van der Waals surface area (Å²) in [5.74, 6) is -0.325. The Morgan fingerprint density at radius 3 is 2.32 bits per heavy atom.